The van der Waals surface area contributed by atoms with Crippen LogP contribution in [0.1, 0.15) is 27.6 Å². The molecule has 0 aliphatic rings. The van der Waals surface area contributed by atoms with Gasteiger partial charge in [0.2, 0.25) is 0 Å². The fraction of sp³-hybridized carbons (Fsp3) is 0.0714. The van der Waals surface area contributed by atoms with E-state index in [1.54, 1.807) is 18.2 Å². The van der Waals surface area contributed by atoms with Crippen LogP contribution in [0.15, 0.2) is 52.5 Å². The van der Waals surface area contributed by atoms with Gasteiger partial charge in [-0.05, 0) is 31.2 Å². The monoisotopic (exact) mass is 273 g/mol. The normalized spacial score (nSPS) is 10.2. The molecule has 0 fully saturated rings. The summed E-state index contributed by atoms with van der Waals surface area (Å²) in [6.45, 7) is 1.52. The minimum absolute atomic E-state index is 0.0282. The molecule has 0 spiro atoms. The molecule has 0 radical (unpaired) electrons. The fourth-order valence-corrected chi connectivity index (χ4v) is 2.20. The lowest BCUT2D eigenvalue weighted by Crippen LogP contribution is -1.96. The zero-order valence-corrected chi connectivity index (χ0v) is 11.0. The van der Waals surface area contributed by atoms with Crippen molar-refractivity contribution in [3.8, 4) is 0 Å². The molecule has 0 atom stereocenters. The number of carboxylic acids is 1. The quantitative estimate of drug-likeness (QED) is 0.867. The number of rotatable bonds is 4. The predicted octanol–water partition coefficient (Wildman–Crippen LogP) is 3.13. The van der Waals surface area contributed by atoms with Crippen LogP contribution < -0.4 is 0 Å². The number of hydrogen-bond donors (Lipinski definition) is 1. The molecule has 4 nitrogen and oxygen atoms in total. The van der Waals surface area contributed by atoms with Gasteiger partial charge in [-0.2, -0.15) is 0 Å². The number of carbonyl (C=O) groups excluding carboxylic acids is 1. The summed E-state index contributed by atoms with van der Waals surface area (Å²) in [5, 5.41) is 9.48. The highest BCUT2D eigenvalue weighted by molar-refractivity contribution is 7.99. The van der Waals surface area contributed by atoms with Crippen LogP contribution in [-0.2, 0) is 0 Å². The molecular weight excluding hydrogens is 262 g/mol. The molecule has 96 valence electrons. The number of ketones is 1. The number of hydrogen-bond acceptors (Lipinski definition) is 4. The lowest BCUT2D eigenvalue weighted by molar-refractivity contribution is 0.0696. The number of aromatic carboxylic acids is 1. The fourth-order valence-electron chi connectivity index (χ4n) is 1.45. The van der Waals surface area contributed by atoms with Gasteiger partial charge < -0.3 is 5.11 Å². The molecule has 0 bridgehead atoms. The van der Waals surface area contributed by atoms with Gasteiger partial charge in [0.15, 0.2) is 5.78 Å². The lowest BCUT2D eigenvalue weighted by Gasteiger charge is -2.02. The minimum Gasteiger partial charge on any atom is -0.478 e. The standard InChI is InChI=1S/C14H11NO3S/c1-9(16)10-2-5-12(6-3-10)19-13-7-4-11(8-15-13)14(17)18/h2-8H,1H3,(H,17,18). The van der Waals surface area contributed by atoms with Crippen molar-refractivity contribution in [2.24, 2.45) is 0 Å². The average molecular weight is 273 g/mol. The Hall–Kier alpha value is -2.14. The third-order valence-electron chi connectivity index (χ3n) is 2.47. The van der Waals surface area contributed by atoms with E-state index in [0.717, 1.165) is 4.90 Å². The summed E-state index contributed by atoms with van der Waals surface area (Å²) in [4.78, 5) is 26.8. The van der Waals surface area contributed by atoms with Crippen molar-refractivity contribution in [3.05, 3.63) is 53.7 Å². The van der Waals surface area contributed by atoms with Crippen molar-refractivity contribution in [1.29, 1.82) is 0 Å². The first-order valence-electron chi connectivity index (χ1n) is 5.54. The van der Waals surface area contributed by atoms with Crippen LogP contribution in [0.4, 0.5) is 0 Å². The van der Waals surface area contributed by atoms with Crippen LogP contribution in [0, 0.1) is 0 Å². The van der Waals surface area contributed by atoms with E-state index in [4.69, 9.17) is 5.11 Å². The number of carboxylic acid groups (broad SMARTS) is 1. The Balaban J connectivity index is 2.12. The van der Waals surface area contributed by atoms with Crippen LogP contribution in [0.25, 0.3) is 0 Å². The van der Waals surface area contributed by atoms with E-state index in [-0.39, 0.29) is 11.3 Å². The number of nitrogens with zero attached hydrogens (tertiary/aromatic N) is 1. The van der Waals surface area contributed by atoms with Gasteiger partial charge in [-0.25, -0.2) is 9.78 Å². The molecule has 1 aromatic heterocycles. The van der Waals surface area contributed by atoms with Gasteiger partial charge in [0.05, 0.1) is 5.56 Å². The Kier molecular flexibility index (Phi) is 3.97. The Morgan fingerprint density at radius 1 is 1.05 bits per heavy atom. The number of Topliss-reactive ketones (excluding diaryl/α,β-unsaturated/α-hetero) is 1. The van der Waals surface area contributed by atoms with E-state index < -0.39 is 5.97 Å². The van der Waals surface area contributed by atoms with Gasteiger partial charge in [0.25, 0.3) is 0 Å². The lowest BCUT2D eigenvalue weighted by atomic mass is 10.2. The average Bonchev–Trinajstić information content (AvgIpc) is 2.40. The summed E-state index contributed by atoms with van der Waals surface area (Å²) in [5.41, 5.74) is 0.829. The van der Waals surface area contributed by atoms with Crippen LogP contribution in [0.5, 0.6) is 0 Å². The Morgan fingerprint density at radius 3 is 2.16 bits per heavy atom. The van der Waals surface area contributed by atoms with E-state index in [1.165, 1.54) is 30.9 Å². The van der Waals surface area contributed by atoms with E-state index in [1.807, 2.05) is 12.1 Å². The molecule has 0 aliphatic carbocycles. The first-order chi connectivity index (χ1) is 9.06. The molecule has 0 saturated heterocycles. The summed E-state index contributed by atoms with van der Waals surface area (Å²) < 4.78 is 0. The molecule has 0 saturated carbocycles. The number of benzene rings is 1. The zero-order valence-electron chi connectivity index (χ0n) is 10.2. The molecule has 0 unspecified atom stereocenters. The summed E-state index contributed by atoms with van der Waals surface area (Å²) in [7, 11) is 0. The van der Waals surface area contributed by atoms with Crippen molar-refractivity contribution in [2.45, 2.75) is 16.8 Å². The number of pyridine rings is 1. The second kappa shape index (κ2) is 5.67. The van der Waals surface area contributed by atoms with Crippen molar-refractivity contribution in [1.82, 2.24) is 4.98 Å². The number of aromatic nitrogens is 1. The van der Waals surface area contributed by atoms with E-state index in [0.29, 0.717) is 10.6 Å². The van der Waals surface area contributed by atoms with E-state index >= 15 is 0 Å². The van der Waals surface area contributed by atoms with Gasteiger partial charge in [0.1, 0.15) is 5.03 Å². The molecule has 0 amide bonds. The highest BCUT2D eigenvalue weighted by Gasteiger charge is 2.05. The molecule has 1 N–H and O–H groups in total. The Labute approximate surface area is 114 Å². The maximum Gasteiger partial charge on any atom is 0.337 e. The second-order valence-electron chi connectivity index (χ2n) is 3.87. The van der Waals surface area contributed by atoms with Crippen molar-refractivity contribution in [2.75, 3.05) is 0 Å². The highest BCUT2D eigenvalue weighted by Crippen LogP contribution is 2.26. The first-order valence-corrected chi connectivity index (χ1v) is 6.36. The van der Waals surface area contributed by atoms with Gasteiger partial charge in [0, 0.05) is 16.7 Å². The van der Waals surface area contributed by atoms with Crippen LogP contribution in [0.2, 0.25) is 0 Å². The smallest absolute Gasteiger partial charge is 0.337 e. The zero-order chi connectivity index (χ0) is 13.8. The summed E-state index contributed by atoms with van der Waals surface area (Å²) in [5.74, 6) is -0.963. The topological polar surface area (TPSA) is 67.3 Å². The van der Waals surface area contributed by atoms with Crippen molar-refractivity contribution < 1.29 is 14.7 Å². The Morgan fingerprint density at radius 2 is 1.68 bits per heavy atom. The Bertz CT molecular complexity index is 550. The van der Waals surface area contributed by atoms with Gasteiger partial charge in [-0.15, -0.1) is 0 Å². The van der Waals surface area contributed by atoms with Crippen LogP contribution >= 0.6 is 11.8 Å². The third kappa shape index (κ3) is 3.42. The van der Waals surface area contributed by atoms with Crippen LogP contribution in [-0.4, -0.2) is 21.8 Å². The van der Waals surface area contributed by atoms with Gasteiger partial charge >= 0.3 is 5.97 Å². The molecule has 5 heteroatoms. The highest BCUT2D eigenvalue weighted by atomic mass is 32.2. The predicted molar refractivity (Wildman–Crippen MR) is 71.8 cm³/mol. The van der Waals surface area contributed by atoms with E-state index in [9.17, 15) is 9.59 Å². The summed E-state index contributed by atoms with van der Waals surface area (Å²) in [6.07, 6.45) is 1.33. The van der Waals surface area contributed by atoms with Crippen LogP contribution in [0.3, 0.4) is 0 Å². The maximum atomic E-state index is 11.1. The SMILES string of the molecule is CC(=O)c1ccc(Sc2ccc(C(=O)O)cn2)cc1. The molecular formula is C14H11NO3S. The third-order valence-corrected chi connectivity index (χ3v) is 3.43. The minimum atomic E-state index is -0.991. The summed E-state index contributed by atoms with van der Waals surface area (Å²) >= 11 is 1.41. The first kappa shape index (κ1) is 13.3. The summed E-state index contributed by atoms with van der Waals surface area (Å²) in [6, 6.07) is 10.4. The second-order valence-corrected chi connectivity index (χ2v) is 4.97. The number of carbonyl (C=O) groups is 2. The van der Waals surface area contributed by atoms with E-state index in [2.05, 4.69) is 4.98 Å². The molecule has 0 aliphatic heterocycles. The van der Waals surface area contributed by atoms with Crippen molar-refractivity contribution >= 4 is 23.5 Å². The molecule has 1 aromatic carbocycles. The largest absolute Gasteiger partial charge is 0.478 e. The molecule has 1 heterocycles. The van der Waals surface area contributed by atoms with Crippen molar-refractivity contribution in [3.63, 3.8) is 0 Å². The van der Waals surface area contributed by atoms with Gasteiger partial charge in [-0.3, -0.25) is 4.79 Å². The maximum absolute atomic E-state index is 11.1. The molecule has 2 aromatic rings. The molecule has 19 heavy (non-hydrogen) atoms. The molecule has 2 rings (SSSR count). The van der Waals surface area contributed by atoms with Gasteiger partial charge in [-0.1, -0.05) is 23.9 Å².